The molecule has 0 spiro atoms. The summed E-state index contributed by atoms with van der Waals surface area (Å²) in [5, 5.41) is 0. The maximum absolute atomic E-state index is 12.8. The molecule has 5 rings (SSSR count). The minimum absolute atomic E-state index is 0.233. The summed E-state index contributed by atoms with van der Waals surface area (Å²) in [6.45, 7) is 4.16. The normalized spacial score (nSPS) is 17.0. The van der Waals surface area contributed by atoms with Crippen LogP contribution in [0, 0.1) is 0 Å². The van der Waals surface area contributed by atoms with Crippen molar-refractivity contribution in [2.24, 2.45) is 0 Å². The predicted octanol–water partition coefficient (Wildman–Crippen LogP) is 6.11. The Morgan fingerprint density at radius 2 is 1.36 bits per heavy atom. The lowest BCUT2D eigenvalue weighted by molar-refractivity contribution is 0.0596. The van der Waals surface area contributed by atoms with Crippen LogP contribution < -0.4 is 0 Å². The molecule has 1 fully saturated rings. The highest BCUT2D eigenvalue weighted by Crippen LogP contribution is 2.31. The Morgan fingerprint density at radius 1 is 0.758 bits per heavy atom. The Hall–Kier alpha value is -2.91. The van der Waals surface area contributed by atoms with E-state index in [9.17, 15) is 4.79 Å². The highest BCUT2D eigenvalue weighted by molar-refractivity contribution is 5.98. The first-order valence-electron chi connectivity index (χ1n) is 12.5. The van der Waals surface area contributed by atoms with Crippen LogP contribution >= 0.6 is 0 Å². The molecule has 2 heterocycles. The summed E-state index contributed by atoms with van der Waals surface area (Å²) in [4.78, 5) is 17.5. The van der Waals surface area contributed by atoms with Gasteiger partial charge in [0.25, 0.3) is 5.91 Å². The van der Waals surface area contributed by atoms with Crippen molar-refractivity contribution in [1.82, 2.24) is 9.80 Å². The van der Waals surface area contributed by atoms with Crippen LogP contribution in [0.4, 0.5) is 0 Å². The summed E-state index contributed by atoms with van der Waals surface area (Å²) in [6.07, 6.45) is 5.83. The molecule has 1 saturated heterocycles. The number of unbranched alkanes of at least 4 members (excludes halogenated alkanes) is 1. The number of amides is 1. The molecular weight excluding hydrogens is 404 g/mol. The van der Waals surface area contributed by atoms with Crippen LogP contribution in [-0.2, 0) is 6.54 Å². The molecule has 2 aliphatic heterocycles. The standard InChI is InChI=1S/C30H34N2O/c33-30-29-17-8-7-15-26(29)23-32(30)27-18-21-31(22-19-27)20-10-9-16-28(24-11-3-1-4-12-24)25-13-5-2-6-14-25/h1-8,11-15,17,27-28H,9-10,16,18-23H2. The zero-order valence-electron chi connectivity index (χ0n) is 19.4. The van der Waals surface area contributed by atoms with Gasteiger partial charge in [-0.1, -0.05) is 85.3 Å². The average molecular weight is 439 g/mol. The summed E-state index contributed by atoms with van der Waals surface area (Å²) in [5.74, 6) is 0.706. The molecule has 3 aromatic carbocycles. The third kappa shape index (κ3) is 5.04. The van der Waals surface area contributed by atoms with Gasteiger partial charge in [0.15, 0.2) is 0 Å². The highest BCUT2D eigenvalue weighted by atomic mass is 16.2. The molecule has 0 N–H and O–H groups in total. The van der Waals surface area contributed by atoms with Crippen LogP contribution in [0.15, 0.2) is 84.9 Å². The largest absolute Gasteiger partial charge is 0.331 e. The molecule has 0 atom stereocenters. The van der Waals surface area contributed by atoms with E-state index in [2.05, 4.69) is 76.5 Å². The smallest absolute Gasteiger partial charge is 0.254 e. The fourth-order valence-corrected chi connectivity index (χ4v) is 5.61. The van der Waals surface area contributed by atoms with Crippen molar-refractivity contribution >= 4 is 5.91 Å². The predicted molar refractivity (Wildman–Crippen MR) is 134 cm³/mol. The molecule has 0 aromatic heterocycles. The number of benzene rings is 3. The topological polar surface area (TPSA) is 23.6 Å². The molecule has 0 saturated carbocycles. The Kier molecular flexibility index (Phi) is 6.87. The van der Waals surface area contributed by atoms with Crippen molar-refractivity contribution in [3.63, 3.8) is 0 Å². The quantitative estimate of drug-likeness (QED) is 0.396. The first kappa shape index (κ1) is 21.9. The minimum Gasteiger partial charge on any atom is -0.331 e. The zero-order valence-corrected chi connectivity index (χ0v) is 19.4. The van der Waals surface area contributed by atoms with Crippen LogP contribution in [0.5, 0.6) is 0 Å². The van der Waals surface area contributed by atoms with Crippen LogP contribution in [0.1, 0.15) is 65.1 Å². The molecule has 0 unspecified atom stereocenters. The molecule has 0 aliphatic carbocycles. The Labute approximate surface area is 198 Å². The minimum atomic E-state index is 0.233. The van der Waals surface area contributed by atoms with E-state index in [1.807, 2.05) is 18.2 Å². The van der Waals surface area contributed by atoms with Crippen LogP contribution in [0.2, 0.25) is 0 Å². The monoisotopic (exact) mass is 438 g/mol. The molecule has 3 heteroatoms. The van der Waals surface area contributed by atoms with Gasteiger partial charge >= 0.3 is 0 Å². The van der Waals surface area contributed by atoms with Gasteiger partial charge < -0.3 is 9.80 Å². The lowest BCUT2D eigenvalue weighted by Gasteiger charge is -2.36. The van der Waals surface area contributed by atoms with E-state index in [4.69, 9.17) is 0 Å². The summed E-state index contributed by atoms with van der Waals surface area (Å²) in [5.41, 5.74) is 4.93. The molecule has 1 amide bonds. The van der Waals surface area contributed by atoms with Crippen molar-refractivity contribution in [3.05, 3.63) is 107 Å². The molecular formula is C30H34N2O. The molecule has 3 nitrogen and oxygen atoms in total. The lowest BCUT2D eigenvalue weighted by Crippen LogP contribution is -2.45. The third-order valence-electron chi connectivity index (χ3n) is 7.47. The van der Waals surface area contributed by atoms with E-state index < -0.39 is 0 Å². The Morgan fingerprint density at radius 3 is 2.00 bits per heavy atom. The first-order chi connectivity index (χ1) is 16.3. The second-order valence-electron chi connectivity index (χ2n) is 9.53. The second-order valence-corrected chi connectivity index (χ2v) is 9.53. The number of nitrogens with zero attached hydrogens (tertiary/aromatic N) is 2. The van der Waals surface area contributed by atoms with Gasteiger partial charge in [-0.2, -0.15) is 0 Å². The van der Waals surface area contributed by atoms with Crippen molar-refractivity contribution in [1.29, 1.82) is 0 Å². The lowest BCUT2D eigenvalue weighted by atomic mass is 9.87. The Balaban J connectivity index is 1.09. The highest BCUT2D eigenvalue weighted by Gasteiger charge is 2.34. The van der Waals surface area contributed by atoms with Crippen molar-refractivity contribution < 1.29 is 4.79 Å². The van der Waals surface area contributed by atoms with E-state index in [1.165, 1.54) is 36.0 Å². The molecule has 0 radical (unpaired) electrons. The second kappa shape index (κ2) is 10.4. The number of hydrogen-bond donors (Lipinski definition) is 0. The van der Waals surface area contributed by atoms with Gasteiger partial charge in [0, 0.05) is 37.2 Å². The molecule has 3 aromatic rings. The van der Waals surface area contributed by atoms with Crippen LogP contribution in [0.25, 0.3) is 0 Å². The number of piperidine rings is 1. The van der Waals surface area contributed by atoms with Crippen LogP contribution in [-0.4, -0.2) is 41.4 Å². The maximum Gasteiger partial charge on any atom is 0.254 e. The SMILES string of the molecule is O=C1c2ccccc2CN1C1CCN(CCCCC(c2ccccc2)c2ccccc2)CC1. The van der Waals surface area contributed by atoms with Gasteiger partial charge in [-0.3, -0.25) is 4.79 Å². The van der Waals surface area contributed by atoms with E-state index in [1.54, 1.807) is 0 Å². The zero-order chi connectivity index (χ0) is 22.5. The molecule has 33 heavy (non-hydrogen) atoms. The van der Waals surface area contributed by atoms with E-state index >= 15 is 0 Å². The van der Waals surface area contributed by atoms with Gasteiger partial charge in [0.05, 0.1) is 0 Å². The van der Waals surface area contributed by atoms with E-state index in [0.717, 1.165) is 44.6 Å². The third-order valence-corrected chi connectivity index (χ3v) is 7.47. The maximum atomic E-state index is 12.8. The van der Waals surface area contributed by atoms with E-state index in [-0.39, 0.29) is 5.91 Å². The average Bonchev–Trinajstić information content (AvgIpc) is 3.22. The molecule has 170 valence electrons. The number of likely N-dealkylation sites (tertiary alicyclic amines) is 1. The number of carbonyl (C=O) groups is 1. The van der Waals surface area contributed by atoms with Crippen molar-refractivity contribution in [2.75, 3.05) is 19.6 Å². The fourth-order valence-electron chi connectivity index (χ4n) is 5.61. The number of rotatable bonds is 8. The van der Waals surface area contributed by atoms with Gasteiger partial charge in [0.2, 0.25) is 0 Å². The van der Waals surface area contributed by atoms with Gasteiger partial charge in [-0.05, 0) is 55.0 Å². The molecule has 0 bridgehead atoms. The summed E-state index contributed by atoms with van der Waals surface area (Å²) >= 11 is 0. The number of hydrogen-bond acceptors (Lipinski definition) is 2. The van der Waals surface area contributed by atoms with E-state index in [0.29, 0.717) is 12.0 Å². The summed E-state index contributed by atoms with van der Waals surface area (Å²) in [7, 11) is 0. The van der Waals surface area contributed by atoms with Gasteiger partial charge in [0.1, 0.15) is 0 Å². The summed E-state index contributed by atoms with van der Waals surface area (Å²) in [6, 6.07) is 30.3. The molecule has 2 aliphatic rings. The van der Waals surface area contributed by atoms with Gasteiger partial charge in [-0.25, -0.2) is 0 Å². The van der Waals surface area contributed by atoms with Crippen LogP contribution in [0.3, 0.4) is 0 Å². The summed E-state index contributed by atoms with van der Waals surface area (Å²) < 4.78 is 0. The van der Waals surface area contributed by atoms with Gasteiger partial charge in [-0.15, -0.1) is 0 Å². The Bertz CT molecular complexity index is 1000. The first-order valence-corrected chi connectivity index (χ1v) is 12.5. The van der Waals surface area contributed by atoms with Crippen molar-refractivity contribution in [2.45, 2.75) is 50.6 Å². The van der Waals surface area contributed by atoms with Crippen molar-refractivity contribution in [3.8, 4) is 0 Å². The number of carbonyl (C=O) groups excluding carboxylic acids is 1. The number of fused-ring (bicyclic) bond motifs is 1. The fraction of sp³-hybridized carbons (Fsp3) is 0.367.